The second kappa shape index (κ2) is 5.34. The van der Waals surface area contributed by atoms with Crippen LogP contribution in [0.1, 0.15) is 11.3 Å². The molecule has 0 atom stereocenters. The Kier molecular flexibility index (Phi) is 3.37. The highest BCUT2D eigenvalue weighted by Gasteiger charge is 2.08. The summed E-state index contributed by atoms with van der Waals surface area (Å²) in [6.07, 6.45) is 1.70. The Bertz CT molecular complexity index is 839. The van der Waals surface area contributed by atoms with Crippen LogP contribution in [0.4, 0.5) is 5.82 Å². The van der Waals surface area contributed by atoms with Crippen molar-refractivity contribution in [3.05, 3.63) is 64.2 Å². The quantitative estimate of drug-likeness (QED) is 0.560. The Morgan fingerprint density at radius 1 is 1.24 bits per heavy atom. The smallest absolute Gasteiger partial charge is 0.272 e. The number of nitrogen functional groups attached to an aromatic ring is 1. The average Bonchev–Trinajstić information content (AvgIpc) is 2.52. The van der Waals surface area contributed by atoms with Crippen LogP contribution in [0.15, 0.2) is 47.4 Å². The van der Waals surface area contributed by atoms with Crippen LogP contribution in [-0.4, -0.2) is 14.5 Å². The van der Waals surface area contributed by atoms with Gasteiger partial charge in [-0.05, 0) is 30.7 Å². The fourth-order valence-electron chi connectivity index (χ4n) is 2.26. The van der Waals surface area contributed by atoms with E-state index in [1.54, 1.807) is 23.8 Å². The molecule has 0 saturated heterocycles. The summed E-state index contributed by atoms with van der Waals surface area (Å²) in [6.45, 7) is 2.17. The first kappa shape index (κ1) is 13.3. The highest BCUT2D eigenvalue weighted by Crippen LogP contribution is 2.12. The molecule has 0 aliphatic rings. The van der Waals surface area contributed by atoms with E-state index in [4.69, 9.17) is 5.84 Å². The number of rotatable bonds is 3. The molecule has 3 N–H and O–H groups in total. The molecule has 6 heteroatoms. The summed E-state index contributed by atoms with van der Waals surface area (Å²) in [5, 5.41) is 0. The number of pyridine rings is 1. The van der Waals surface area contributed by atoms with Gasteiger partial charge in [-0.3, -0.25) is 4.79 Å². The molecule has 2 heterocycles. The van der Waals surface area contributed by atoms with Crippen molar-refractivity contribution >= 4 is 16.9 Å². The molecule has 3 aromatic rings. The minimum atomic E-state index is -0.0882. The number of hydrazine groups is 1. The summed E-state index contributed by atoms with van der Waals surface area (Å²) in [6, 6.07) is 11.3. The lowest BCUT2D eigenvalue weighted by atomic mass is 10.2. The van der Waals surface area contributed by atoms with E-state index in [1.807, 2.05) is 30.3 Å². The van der Waals surface area contributed by atoms with Gasteiger partial charge in [0.15, 0.2) is 0 Å². The molecular formula is C15H15N5O. The van der Waals surface area contributed by atoms with Gasteiger partial charge in [-0.15, -0.1) is 0 Å². The molecular weight excluding hydrogens is 266 g/mol. The molecule has 0 aliphatic heterocycles. The highest BCUT2D eigenvalue weighted by molar-refractivity contribution is 5.74. The zero-order chi connectivity index (χ0) is 14.8. The zero-order valence-corrected chi connectivity index (χ0v) is 11.6. The molecule has 3 rings (SSSR count). The lowest BCUT2D eigenvalue weighted by molar-refractivity contribution is 0.773. The molecule has 0 radical (unpaired) electrons. The van der Waals surface area contributed by atoms with E-state index < -0.39 is 0 Å². The first-order valence-electron chi connectivity index (χ1n) is 6.57. The SMILES string of the molecule is Cc1nc2ccccc2n(Cc2ccc(NN)nc2)c1=O. The van der Waals surface area contributed by atoms with Crippen molar-refractivity contribution in [1.29, 1.82) is 0 Å². The molecule has 1 aromatic carbocycles. The molecule has 6 nitrogen and oxygen atoms in total. The molecule has 21 heavy (non-hydrogen) atoms. The summed E-state index contributed by atoms with van der Waals surface area (Å²) in [5.74, 6) is 5.88. The van der Waals surface area contributed by atoms with E-state index in [0.29, 0.717) is 18.1 Å². The second-order valence-corrected chi connectivity index (χ2v) is 4.77. The predicted molar refractivity (Wildman–Crippen MR) is 81.9 cm³/mol. The van der Waals surface area contributed by atoms with E-state index >= 15 is 0 Å². The van der Waals surface area contributed by atoms with Crippen LogP contribution in [0.3, 0.4) is 0 Å². The van der Waals surface area contributed by atoms with Crippen LogP contribution < -0.4 is 16.8 Å². The molecule has 0 amide bonds. The highest BCUT2D eigenvalue weighted by atomic mass is 16.1. The van der Waals surface area contributed by atoms with E-state index in [9.17, 15) is 4.79 Å². The number of aryl methyl sites for hydroxylation is 1. The van der Waals surface area contributed by atoms with Gasteiger partial charge in [-0.2, -0.15) is 0 Å². The Labute approximate surface area is 121 Å². The van der Waals surface area contributed by atoms with Gasteiger partial charge in [0, 0.05) is 6.20 Å². The van der Waals surface area contributed by atoms with Crippen LogP contribution in [-0.2, 0) is 6.54 Å². The van der Waals surface area contributed by atoms with Crippen molar-refractivity contribution < 1.29 is 0 Å². The zero-order valence-electron chi connectivity index (χ0n) is 11.6. The lowest BCUT2D eigenvalue weighted by Gasteiger charge is -2.11. The van der Waals surface area contributed by atoms with Gasteiger partial charge in [-0.25, -0.2) is 15.8 Å². The normalized spacial score (nSPS) is 10.8. The van der Waals surface area contributed by atoms with Crippen molar-refractivity contribution in [1.82, 2.24) is 14.5 Å². The van der Waals surface area contributed by atoms with Crippen molar-refractivity contribution in [3.8, 4) is 0 Å². The topological polar surface area (TPSA) is 85.8 Å². The largest absolute Gasteiger partial charge is 0.308 e. The van der Waals surface area contributed by atoms with Gasteiger partial charge < -0.3 is 9.99 Å². The average molecular weight is 281 g/mol. The van der Waals surface area contributed by atoms with Crippen molar-refractivity contribution in [3.63, 3.8) is 0 Å². The third-order valence-electron chi connectivity index (χ3n) is 3.33. The van der Waals surface area contributed by atoms with Gasteiger partial charge in [-0.1, -0.05) is 18.2 Å². The third kappa shape index (κ3) is 2.48. The first-order valence-corrected chi connectivity index (χ1v) is 6.57. The molecule has 0 fully saturated rings. The summed E-state index contributed by atoms with van der Waals surface area (Å²) < 4.78 is 1.71. The summed E-state index contributed by atoms with van der Waals surface area (Å²) in [7, 11) is 0. The Morgan fingerprint density at radius 3 is 2.76 bits per heavy atom. The Hall–Kier alpha value is -2.73. The number of anilines is 1. The van der Waals surface area contributed by atoms with Gasteiger partial charge in [0.1, 0.15) is 11.5 Å². The molecule has 0 bridgehead atoms. The van der Waals surface area contributed by atoms with Crippen LogP contribution >= 0.6 is 0 Å². The molecule has 2 aromatic heterocycles. The molecule has 0 aliphatic carbocycles. The summed E-state index contributed by atoms with van der Waals surface area (Å²) in [4.78, 5) is 20.8. The number of aromatic nitrogens is 3. The minimum Gasteiger partial charge on any atom is -0.308 e. The molecule has 0 spiro atoms. The summed E-state index contributed by atoms with van der Waals surface area (Å²) >= 11 is 0. The number of nitrogens with two attached hydrogens (primary N) is 1. The van der Waals surface area contributed by atoms with E-state index in [0.717, 1.165) is 16.6 Å². The van der Waals surface area contributed by atoms with Gasteiger partial charge >= 0.3 is 0 Å². The van der Waals surface area contributed by atoms with Crippen LogP contribution in [0.25, 0.3) is 11.0 Å². The fourth-order valence-corrected chi connectivity index (χ4v) is 2.26. The third-order valence-corrected chi connectivity index (χ3v) is 3.33. The van der Waals surface area contributed by atoms with Crippen LogP contribution in [0, 0.1) is 6.92 Å². The Morgan fingerprint density at radius 2 is 2.05 bits per heavy atom. The number of nitrogens with zero attached hydrogens (tertiary/aromatic N) is 3. The predicted octanol–water partition coefficient (Wildman–Crippen LogP) is 1.43. The van der Waals surface area contributed by atoms with Crippen LogP contribution in [0.2, 0.25) is 0 Å². The molecule has 106 valence electrons. The number of benzene rings is 1. The van der Waals surface area contributed by atoms with Crippen molar-refractivity contribution in [2.45, 2.75) is 13.5 Å². The van der Waals surface area contributed by atoms with E-state index in [-0.39, 0.29) is 5.56 Å². The standard InChI is InChI=1S/C15H15N5O/c1-10-15(21)20(13-5-3-2-4-12(13)18-10)9-11-6-7-14(19-16)17-8-11/h2-8H,9,16H2,1H3,(H,17,19). The van der Waals surface area contributed by atoms with E-state index in [2.05, 4.69) is 15.4 Å². The lowest BCUT2D eigenvalue weighted by Crippen LogP contribution is -2.24. The van der Waals surface area contributed by atoms with Crippen molar-refractivity contribution in [2.24, 2.45) is 5.84 Å². The van der Waals surface area contributed by atoms with Crippen LogP contribution in [0.5, 0.6) is 0 Å². The minimum absolute atomic E-state index is 0.0882. The maximum absolute atomic E-state index is 12.4. The van der Waals surface area contributed by atoms with E-state index in [1.165, 1.54) is 0 Å². The number of hydrogen-bond acceptors (Lipinski definition) is 5. The monoisotopic (exact) mass is 281 g/mol. The summed E-state index contributed by atoms with van der Waals surface area (Å²) in [5.41, 5.74) is 5.42. The Balaban J connectivity index is 2.10. The number of nitrogens with one attached hydrogen (secondary N) is 1. The van der Waals surface area contributed by atoms with Gasteiger partial charge in [0.2, 0.25) is 0 Å². The molecule has 0 saturated carbocycles. The number of hydrogen-bond donors (Lipinski definition) is 2. The van der Waals surface area contributed by atoms with Gasteiger partial charge in [0.25, 0.3) is 5.56 Å². The maximum atomic E-state index is 12.4. The molecule has 0 unspecified atom stereocenters. The fraction of sp³-hybridized carbons (Fsp3) is 0.133. The number of para-hydroxylation sites is 2. The van der Waals surface area contributed by atoms with Crippen molar-refractivity contribution in [2.75, 3.05) is 5.43 Å². The van der Waals surface area contributed by atoms with Gasteiger partial charge in [0.05, 0.1) is 17.6 Å². The first-order chi connectivity index (χ1) is 10.2. The maximum Gasteiger partial charge on any atom is 0.272 e. The second-order valence-electron chi connectivity index (χ2n) is 4.77. The number of fused-ring (bicyclic) bond motifs is 1.